The van der Waals surface area contributed by atoms with Gasteiger partial charge < -0.3 is 0 Å². The minimum absolute atomic E-state index is 0.498. The van der Waals surface area contributed by atoms with Crippen molar-refractivity contribution in [1.82, 2.24) is 0 Å². The van der Waals surface area contributed by atoms with Gasteiger partial charge >= 0.3 is 0 Å². The number of hydrogen-bond acceptors (Lipinski definition) is 0. The van der Waals surface area contributed by atoms with Gasteiger partial charge in [0.25, 0.3) is 0 Å². The lowest BCUT2D eigenvalue weighted by atomic mass is 10.1. The standard InChI is InChI=1S/C22H42Si2/c1-10-19(4)17-18-23(6,7)20-13-15-21(16-14-20)24(8,9)22(5,11-2)12-3/h13-16,19H,10-12,17-18H2,1-9H3. The van der Waals surface area contributed by atoms with Crippen LogP contribution >= 0.6 is 0 Å². The topological polar surface area (TPSA) is 0 Å². The van der Waals surface area contributed by atoms with Crippen LogP contribution in [0.3, 0.4) is 0 Å². The van der Waals surface area contributed by atoms with Crippen LogP contribution in [0.25, 0.3) is 0 Å². The van der Waals surface area contributed by atoms with Gasteiger partial charge in [0.1, 0.15) is 0 Å². The molecule has 0 radical (unpaired) electrons. The van der Waals surface area contributed by atoms with Crippen molar-refractivity contribution in [2.24, 2.45) is 5.92 Å². The van der Waals surface area contributed by atoms with Gasteiger partial charge in [-0.2, -0.15) is 0 Å². The van der Waals surface area contributed by atoms with E-state index in [0.29, 0.717) is 5.04 Å². The second-order valence-electron chi connectivity index (χ2n) is 9.41. The molecule has 1 rings (SSSR count). The number of benzene rings is 1. The maximum atomic E-state index is 2.57. The minimum atomic E-state index is -1.44. The summed E-state index contributed by atoms with van der Waals surface area (Å²) in [6.45, 7) is 22.2. The van der Waals surface area contributed by atoms with E-state index in [1.54, 1.807) is 10.4 Å². The molecule has 0 N–H and O–H groups in total. The average Bonchev–Trinajstić information content (AvgIpc) is 2.58. The predicted octanol–water partition coefficient (Wildman–Crippen LogP) is 6.53. The summed E-state index contributed by atoms with van der Waals surface area (Å²) >= 11 is 0. The maximum absolute atomic E-state index is 2.57. The average molecular weight is 363 g/mol. The van der Waals surface area contributed by atoms with E-state index in [2.05, 4.69) is 85.1 Å². The first kappa shape index (κ1) is 21.7. The Morgan fingerprint density at radius 1 is 0.875 bits per heavy atom. The molecule has 0 aromatic heterocycles. The Morgan fingerprint density at radius 2 is 1.33 bits per heavy atom. The van der Waals surface area contributed by atoms with Crippen molar-refractivity contribution in [3.8, 4) is 0 Å². The monoisotopic (exact) mass is 362 g/mol. The Morgan fingerprint density at radius 3 is 1.75 bits per heavy atom. The van der Waals surface area contributed by atoms with Gasteiger partial charge in [-0.25, -0.2) is 0 Å². The summed E-state index contributed by atoms with van der Waals surface area (Å²) in [5, 5.41) is 3.79. The molecule has 0 aliphatic carbocycles. The van der Waals surface area contributed by atoms with Gasteiger partial charge in [-0.1, -0.05) is 127 Å². The lowest BCUT2D eigenvalue weighted by Crippen LogP contribution is -2.52. The smallest absolute Gasteiger partial charge is 0.0654 e. The van der Waals surface area contributed by atoms with E-state index < -0.39 is 16.1 Å². The van der Waals surface area contributed by atoms with Crippen LogP contribution in [-0.4, -0.2) is 16.1 Å². The first-order valence-electron chi connectivity index (χ1n) is 10.1. The maximum Gasteiger partial charge on any atom is 0.0864 e. The lowest BCUT2D eigenvalue weighted by Gasteiger charge is -2.42. The Bertz CT molecular complexity index is 495. The fourth-order valence-electron chi connectivity index (χ4n) is 3.78. The summed E-state index contributed by atoms with van der Waals surface area (Å²) in [7, 11) is -2.73. The van der Waals surface area contributed by atoms with Gasteiger partial charge in [0.15, 0.2) is 0 Å². The zero-order valence-corrected chi connectivity index (χ0v) is 19.9. The second-order valence-corrected chi connectivity index (χ2v) is 19.3. The molecule has 24 heavy (non-hydrogen) atoms. The van der Waals surface area contributed by atoms with Crippen LogP contribution in [0.1, 0.15) is 60.3 Å². The molecule has 0 spiro atoms. The normalized spacial score (nSPS) is 14.7. The molecule has 1 aromatic carbocycles. The molecule has 0 amide bonds. The van der Waals surface area contributed by atoms with Crippen molar-refractivity contribution in [1.29, 1.82) is 0 Å². The van der Waals surface area contributed by atoms with Crippen LogP contribution in [0.2, 0.25) is 37.3 Å². The van der Waals surface area contributed by atoms with Crippen molar-refractivity contribution in [3.63, 3.8) is 0 Å². The minimum Gasteiger partial charge on any atom is -0.0654 e. The van der Waals surface area contributed by atoms with Gasteiger partial charge in [0.2, 0.25) is 0 Å². The van der Waals surface area contributed by atoms with Gasteiger partial charge in [-0.3, -0.25) is 0 Å². The molecule has 0 bridgehead atoms. The van der Waals surface area contributed by atoms with Gasteiger partial charge in [0, 0.05) is 0 Å². The summed E-state index contributed by atoms with van der Waals surface area (Å²) in [5.74, 6) is 0.872. The first-order valence-corrected chi connectivity index (χ1v) is 16.4. The third kappa shape index (κ3) is 4.63. The molecule has 0 fully saturated rings. The van der Waals surface area contributed by atoms with E-state index in [1.807, 2.05) is 0 Å². The van der Waals surface area contributed by atoms with Crippen LogP contribution in [0.4, 0.5) is 0 Å². The van der Waals surface area contributed by atoms with E-state index in [4.69, 9.17) is 0 Å². The van der Waals surface area contributed by atoms with Crippen molar-refractivity contribution in [3.05, 3.63) is 24.3 Å². The van der Waals surface area contributed by atoms with Crippen molar-refractivity contribution < 1.29 is 0 Å². The summed E-state index contributed by atoms with van der Waals surface area (Å²) in [6.07, 6.45) is 5.29. The summed E-state index contributed by atoms with van der Waals surface area (Å²) < 4.78 is 0. The van der Waals surface area contributed by atoms with E-state index in [9.17, 15) is 0 Å². The fourth-order valence-corrected chi connectivity index (χ4v) is 9.81. The summed E-state index contributed by atoms with van der Waals surface area (Å²) in [5.41, 5.74) is 0. The van der Waals surface area contributed by atoms with Gasteiger partial charge in [-0.05, 0) is 11.0 Å². The van der Waals surface area contributed by atoms with E-state index in [-0.39, 0.29) is 0 Å². The molecule has 0 aliphatic heterocycles. The molecule has 0 saturated carbocycles. The van der Waals surface area contributed by atoms with E-state index in [0.717, 1.165) is 5.92 Å². The molecular weight excluding hydrogens is 320 g/mol. The SMILES string of the molecule is CCC(C)CC[Si](C)(C)c1ccc([Si](C)(C)C(C)(CC)CC)cc1. The molecule has 1 aromatic rings. The quantitative estimate of drug-likeness (QED) is 0.438. The van der Waals surface area contributed by atoms with Gasteiger partial charge in [-0.15, -0.1) is 0 Å². The summed E-state index contributed by atoms with van der Waals surface area (Å²) in [6, 6.07) is 11.4. The van der Waals surface area contributed by atoms with Crippen molar-refractivity contribution in [2.75, 3.05) is 0 Å². The van der Waals surface area contributed by atoms with Gasteiger partial charge in [0.05, 0.1) is 16.1 Å². The Balaban J connectivity index is 3.00. The van der Waals surface area contributed by atoms with Crippen molar-refractivity contribution in [2.45, 2.75) is 97.6 Å². The highest BCUT2D eigenvalue weighted by molar-refractivity contribution is 6.93. The molecule has 1 unspecified atom stereocenters. The Labute approximate surface area is 154 Å². The molecule has 0 nitrogen and oxygen atoms in total. The molecule has 2 heteroatoms. The third-order valence-electron chi connectivity index (χ3n) is 7.42. The highest BCUT2D eigenvalue weighted by Crippen LogP contribution is 2.43. The molecule has 1 atom stereocenters. The zero-order valence-electron chi connectivity index (χ0n) is 17.9. The van der Waals surface area contributed by atoms with Crippen LogP contribution < -0.4 is 10.4 Å². The molecule has 0 saturated heterocycles. The first-order chi connectivity index (χ1) is 11.0. The van der Waals surface area contributed by atoms with E-state index >= 15 is 0 Å². The number of hydrogen-bond donors (Lipinski definition) is 0. The zero-order chi connectivity index (χ0) is 18.6. The number of rotatable bonds is 9. The molecular formula is C22H42Si2. The highest BCUT2D eigenvalue weighted by Gasteiger charge is 2.41. The Hall–Kier alpha value is -0.346. The van der Waals surface area contributed by atoms with Crippen molar-refractivity contribution >= 4 is 26.5 Å². The highest BCUT2D eigenvalue weighted by atomic mass is 28.3. The molecule has 138 valence electrons. The fraction of sp³-hybridized carbons (Fsp3) is 0.727. The third-order valence-corrected chi connectivity index (χ3v) is 16.4. The largest absolute Gasteiger partial charge is 0.0864 e. The van der Waals surface area contributed by atoms with E-state index in [1.165, 1.54) is 31.7 Å². The summed E-state index contributed by atoms with van der Waals surface area (Å²) in [4.78, 5) is 0. The Kier molecular flexibility index (Phi) is 7.55. The molecule has 0 aliphatic rings. The molecule has 0 heterocycles. The van der Waals surface area contributed by atoms with Crippen LogP contribution in [-0.2, 0) is 0 Å². The predicted molar refractivity (Wildman–Crippen MR) is 119 cm³/mol. The van der Waals surface area contributed by atoms with Crippen LogP contribution in [0.5, 0.6) is 0 Å². The lowest BCUT2D eigenvalue weighted by molar-refractivity contribution is 0.541. The van der Waals surface area contributed by atoms with Crippen LogP contribution in [0, 0.1) is 5.92 Å². The second kappa shape index (κ2) is 8.36. The van der Waals surface area contributed by atoms with Crippen LogP contribution in [0.15, 0.2) is 24.3 Å².